The van der Waals surface area contributed by atoms with Crippen LogP contribution in [0.2, 0.25) is 19.1 Å². The fourth-order valence-electron chi connectivity index (χ4n) is 2.88. The number of pyridine rings is 1. The molecule has 2 aromatic rings. The van der Waals surface area contributed by atoms with Gasteiger partial charge >= 0.3 is 0 Å². The number of nitrogens with one attached hydrogen (secondary N) is 1. The number of fused-ring (bicyclic) bond motifs is 2. The summed E-state index contributed by atoms with van der Waals surface area (Å²) in [5, 5.41) is 4.51. The van der Waals surface area contributed by atoms with Crippen molar-refractivity contribution < 1.29 is 13.9 Å². The highest BCUT2D eigenvalue weighted by Crippen LogP contribution is 2.37. The lowest BCUT2D eigenvalue weighted by atomic mass is 10.1. The van der Waals surface area contributed by atoms with E-state index in [2.05, 4.69) is 30.3 Å². The number of nitrogens with zero attached hydrogens (tertiary/aromatic N) is 1. The van der Waals surface area contributed by atoms with Crippen LogP contribution < -0.4 is 14.8 Å². The summed E-state index contributed by atoms with van der Waals surface area (Å²) < 4.78 is 17.0. The fourth-order valence-corrected chi connectivity index (χ4v) is 4.88. The number of hydrogen-bond donors (Lipinski definition) is 1. The van der Waals surface area contributed by atoms with E-state index in [9.17, 15) is 0 Å². The number of unbranched alkanes of at least 4 members (excludes halogenated alkanes) is 1. The lowest BCUT2D eigenvalue weighted by molar-refractivity contribution is 0.174. The number of hydrogen-bond acceptors (Lipinski definition) is 5. The molecule has 0 saturated heterocycles. The smallest absolute Gasteiger partial charge is 0.231 e. The van der Waals surface area contributed by atoms with Crippen LogP contribution in [0, 0.1) is 0 Å². The van der Waals surface area contributed by atoms with E-state index in [1.807, 2.05) is 24.4 Å². The van der Waals surface area contributed by atoms with Crippen LogP contribution in [0.4, 0.5) is 5.69 Å². The Bertz CT molecular complexity index is 706. The van der Waals surface area contributed by atoms with Gasteiger partial charge in [0.2, 0.25) is 6.79 Å². The summed E-state index contributed by atoms with van der Waals surface area (Å²) in [5.74, 6) is 1.54. The molecule has 0 radical (unpaired) electrons. The molecule has 0 unspecified atom stereocenters. The molecule has 24 heavy (non-hydrogen) atoms. The van der Waals surface area contributed by atoms with Crippen LogP contribution >= 0.6 is 0 Å². The van der Waals surface area contributed by atoms with Gasteiger partial charge in [-0.25, -0.2) is 0 Å². The maximum atomic E-state index is 6.16. The van der Waals surface area contributed by atoms with E-state index in [-0.39, 0.29) is 6.79 Å². The number of benzene rings is 1. The Morgan fingerprint density at radius 2 is 2.04 bits per heavy atom. The van der Waals surface area contributed by atoms with Crippen molar-refractivity contribution in [2.24, 2.45) is 0 Å². The van der Waals surface area contributed by atoms with Gasteiger partial charge in [-0.1, -0.05) is 19.8 Å². The fraction of sp³-hybridized carbons (Fsp3) is 0.500. The maximum absolute atomic E-state index is 6.16. The first kappa shape index (κ1) is 17.0. The van der Waals surface area contributed by atoms with Gasteiger partial charge in [0.05, 0.1) is 12.1 Å². The maximum Gasteiger partial charge on any atom is 0.231 e. The van der Waals surface area contributed by atoms with Gasteiger partial charge in [0, 0.05) is 29.9 Å². The van der Waals surface area contributed by atoms with Crippen molar-refractivity contribution in [3.8, 4) is 11.5 Å². The third kappa shape index (κ3) is 3.99. The summed E-state index contributed by atoms with van der Waals surface area (Å²) >= 11 is 0. The Morgan fingerprint density at radius 1 is 1.25 bits per heavy atom. The van der Waals surface area contributed by atoms with Crippen molar-refractivity contribution in [2.45, 2.75) is 38.9 Å². The van der Waals surface area contributed by atoms with Crippen LogP contribution in [-0.2, 0) is 4.43 Å². The van der Waals surface area contributed by atoms with Crippen LogP contribution in [0.5, 0.6) is 11.5 Å². The van der Waals surface area contributed by atoms with E-state index >= 15 is 0 Å². The summed E-state index contributed by atoms with van der Waals surface area (Å²) in [6.07, 6.45) is 4.31. The molecule has 0 saturated carbocycles. The molecule has 0 aliphatic carbocycles. The second kappa shape index (κ2) is 7.40. The molecular weight excluding hydrogens is 320 g/mol. The first-order chi connectivity index (χ1) is 11.6. The number of ether oxygens (including phenoxy) is 2. The highest BCUT2D eigenvalue weighted by Gasteiger charge is 2.21. The average molecular weight is 347 g/mol. The zero-order valence-electron chi connectivity index (χ0n) is 14.7. The Hall–Kier alpha value is -1.79. The topological polar surface area (TPSA) is 52.6 Å². The van der Waals surface area contributed by atoms with Crippen molar-refractivity contribution >= 4 is 24.9 Å². The van der Waals surface area contributed by atoms with Crippen LogP contribution in [0.25, 0.3) is 10.9 Å². The minimum absolute atomic E-state index is 0.278. The molecule has 0 amide bonds. The number of anilines is 1. The van der Waals surface area contributed by atoms with Crippen molar-refractivity contribution in [2.75, 3.05) is 25.3 Å². The van der Waals surface area contributed by atoms with Gasteiger partial charge < -0.3 is 19.2 Å². The van der Waals surface area contributed by atoms with Gasteiger partial charge in [0.25, 0.3) is 0 Å². The van der Waals surface area contributed by atoms with E-state index in [0.717, 1.165) is 41.2 Å². The molecule has 1 N–H and O–H groups in total. The van der Waals surface area contributed by atoms with Crippen molar-refractivity contribution in [1.82, 2.24) is 4.98 Å². The molecule has 0 atom stereocenters. The van der Waals surface area contributed by atoms with Crippen molar-refractivity contribution in [1.29, 1.82) is 0 Å². The molecule has 130 valence electrons. The van der Waals surface area contributed by atoms with E-state index < -0.39 is 8.32 Å². The Labute approximate surface area is 144 Å². The van der Waals surface area contributed by atoms with Crippen LogP contribution in [0.15, 0.2) is 24.4 Å². The molecule has 1 aliphatic heterocycles. The van der Waals surface area contributed by atoms with Gasteiger partial charge in [0.1, 0.15) is 0 Å². The molecule has 3 rings (SSSR count). The molecule has 1 aromatic carbocycles. The van der Waals surface area contributed by atoms with Crippen LogP contribution in [-0.4, -0.2) is 33.2 Å². The number of aromatic nitrogens is 1. The molecule has 1 aliphatic rings. The molecule has 1 aromatic heterocycles. The average Bonchev–Trinajstić information content (AvgIpc) is 3.02. The highest BCUT2D eigenvalue weighted by atomic mass is 28.4. The SMILES string of the molecule is CCCC[Si](C)(C)OCCNc1ccnc2cc3c(cc12)OCO3. The van der Waals surface area contributed by atoms with E-state index in [1.54, 1.807) is 0 Å². The third-order valence-electron chi connectivity index (χ3n) is 4.28. The predicted octanol–water partition coefficient (Wildman–Crippen LogP) is 4.40. The second-order valence-electron chi connectivity index (χ2n) is 6.72. The first-order valence-corrected chi connectivity index (χ1v) is 11.8. The first-order valence-electron chi connectivity index (χ1n) is 8.65. The lowest BCUT2D eigenvalue weighted by Crippen LogP contribution is -2.32. The third-order valence-corrected chi connectivity index (χ3v) is 6.82. The second-order valence-corrected chi connectivity index (χ2v) is 11.0. The number of rotatable bonds is 8. The summed E-state index contributed by atoms with van der Waals surface area (Å²) in [6.45, 7) is 8.62. The minimum Gasteiger partial charge on any atom is -0.454 e. The van der Waals surface area contributed by atoms with E-state index in [4.69, 9.17) is 13.9 Å². The summed E-state index contributed by atoms with van der Waals surface area (Å²) in [4.78, 5) is 4.42. The predicted molar refractivity (Wildman–Crippen MR) is 99.5 cm³/mol. The molecule has 5 nitrogen and oxygen atoms in total. The van der Waals surface area contributed by atoms with E-state index in [0.29, 0.717) is 0 Å². The largest absolute Gasteiger partial charge is 0.454 e. The normalized spacial score (nSPS) is 13.5. The Morgan fingerprint density at radius 3 is 2.83 bits per heavy atom. The van der Waals surface area contributed by atoms with Crippen molar-refractivity contribution in [3.05, 3.63) is 24.4 Å². The Kier molecular flexibility index (Phi) is 5.26. The highest BCUT2D eigenvalue weighted by molar-refractivity contribution is 6.71. The van der Waals surface area contributed by atoms with E-state index in [1.165, 1.54) is 18.9 Å². The molecule has 2 heterocycles. The zero-order valence-corrected chi connectivity index (χ0v) is 15.7. The summed E-state index contributed by atoms with van der Waals surface area (Å²) in [5.41, 5.74) is 1.96. The summed E-state index contributed by atoms with van der Waals surface area (Å²) in [6, 6.07) is 7.14. The van der Waals surface area contributed by atoms with Crippen molar-refractivity contribution in [3.63, 3.8) is 0 Å². The molecule has 6 heteroatoms. The van der Waals surface area contributed by atoms with Crippen LogP contribution in [0.3, 0.4) is 0 Å². The summed E-state index contributed by atoms with van der Waals surface area (Å²) in [7, 11) is -1.52. The Balaban J connectivity index is 1.61. The monoisotopic (exact) mass is 346 g/mol. The van der Waals surface area contributed by atoms with Crippen LogP contribution in [0.1, 0.15) is 19.8 Å². The van der Waals surface area contributed by atoms with Gasteiger partial charge in [-0.05, 0) is 31.3 Å². The van der Waals surface area contributed by atoms with Gasteiger partial charge in [-0.15, -0.1) is 0 Å². The quantitative estimate of drug-likeness (QED) is 0.567. The lowest BCUT2D eigenvalue weighted by Gasteiger charge is -2.23. The molecule has 0 bridgehead atoms. The zero-order chi connectivity index (χ0) is 17.0. The standard InChI is InChI=1S/C18H26N2O3Si/c1-4-5-10-24(2,3)23-9-8-20-15-6-7-19-16-12-18-17(11-14(15)16)21-13-22-18/h6-7,11-12H,4-5,8-10,13H2,1-3H3,(H,19,20). The molecule has 0 spiro atoms. The van der Waals surface area contributed by atoms with Gasteiger partial charge in [-0.3, -0.25) is 4.98 Å². The molecular formula is C18H26N2O3Si. The van der Waals surface area contributed by atoms with Gasteiger partial charge in [0.15, 0.2) is 19.8 Å². The van der Waals surface area contributed by atoms with Gasteiger partial charge in [-0.2, -0.15) is 0 Å². The minimum atomic E-state index is -1.52. The molecule has 0 fully saturated rings.